The van der Waals surface area contributed by atoms with Gasteiger partial charge in [-0.2, -0.15) is 5.26 Å². The standard InChI is InChI=1S/C16H20N6S/c1-18-16(21-12-17)20-8-7-19-10-14-11-23-15(22-14)9-13-5-3-2-4-6-13/h2-6,11,19H,7-10H2,1H3,(H2,18,20,21). The van der Waals surface area contributed by atoms with E-state index in [1.807, 2.05) is 24.4 Å². The van der Waals surface area contributed by atoms with E-state index in [9.17, 15) is 0 Å². The molecule has 0 amide bonds. The van der Waals surface area contributed by atoms with E-state index in [1.165, 1.54) is 5.56 Å². The Hall–Kier alpha value is -2.43. The van der Waals surface area contributed by atoms with Gasteiger partial charge in [-0.15, -0.1) is 11.3 Å². The third-order valence-corrected chi connectivity index (χ3v) is 3.99. The number of hydrogen-bond donors (Lipinski definition) is 3. The number of aliphatic imine (C=N–C) groups is 1. The Kier molecular flexibility index (Phi) is 7.04. The highest BCUT2D eigenvalue weighted by Gasteiger charge is 2.03. The van der Waals surface area contributed by atoms with E-state index < -0.39 is 0 Å². The Labute approximate surface area is 140 Å². The van der Waals surface area contributed by atoms with Crippen molar-refractivity contribution < 1.29 is 0 Å². The highest BCUT2D eigenvalue weighted by molar-refractivity contribution is 7.09. The van der Waals surface area contributed by atoms with Crippen molar-refractivity contribution in [3.8, 4) is 6.19 Å². The first-order valence-corrected chi connectivity index (χ1v) is 8.23. The molecule has 7 heteroatoms. The molecule has 23 heavy (non-hydrogen) atoms. The third-order valence-electron chi connectivity index (χ3n) is 3.10. The lowest BCUT2D eigenvalue weighted by Crippen LogP contribution is -2.38. The summed E-state index contributed by atoms with van der Waals surface area (Å²) in [6.45, 7) is 2.18. The Balaban J connectivity index is 1.68. The van der Waals surface area contributed by atoms with Crippen molar-refractivity contribution in [1.29, 1.82) is 5.26 Å². The summed E-state index contributed by atoms with van der Waals surface area (Å²) in [7, 11) is 1.63. The molecule has 0 spiro atoms. The Morgan fingerprint density at radius 1 is 1.30 bits per heavy atom. The average Bonchev–Trinajstić information content (AvgIpc) is 3.02. The number of hydrogen-bond acceptors (Lipinski definition) is 5. The van der Waals surface area contributed by atoms with Crippen LogP contribution in [0.3, 0.4) is 0 Å². The Bertz CT molecular complexity index is 659. The van der Waals surface area contributed by atoms with Crippen molar-refractivity contribution in [2.45, 2.75) is 13.0 Å². The lowest BCUT2D eigenvalue weighted by molar-refractivity contribution is 0.660. The molecule has 0 bridgehead atoms. The van der Waals surface area contributed by atoms with Crippen molar-refractivity contribution >= 4 is 17.3 Å². The summed E-state index contributed by atoms with van der Waals surface area (Å²) < 4.78 is 0. The molecule has 3 N–H and O–H groups in total. The third kappa shape index (κ3) is 6.06. The van der Waals surface area contributed by atoms with E-state index in [4.69, 9.17) is 5.26 Å². The van der Waals surface area contributed by atoms with Crippen LogP contribution >= 0.6 is 11.3 Å². The maximum absolute atomic E-state index is 8.52. The fraction of sp³-hybridized carbons (Fsp3) is 0.312. The van der Waals surface area contributed by atoms with Crippen LogP contribution in [-0.4, -0.2) is 31.1 Å². The number of aromatic nitrogens is 1. The van der Waals surface area contributed by atoms with Crippen LogP contribution in [0.2, 0.25) is 0 Å². The molecule has 0 radical (unpaired) electrons. The van der Waals surface area contributed by atoms with Gasteiger partial charge < -0.3 is 10.6 Å². The predicted octanol–water partition coefficient (Wildman–Crippen LogP) is 1.47. The zero-order valence-corrected chi connectivity index (χ0v) is 13.9. The van der Waals surface area contributed by atoms with Gasteiger partial charge in [0.05, 0.1) is 10.7 Å². The summed E-state index contributed by atoms with van der Waals surface area (Å²) >= 11 is 1.69. The Morgan fingerprint density at radius 2 is 2.13 bits per heavy atom. The van der Waals surface area contributed by atoms with E-state index >= 15 is 0 Å². The van der Waals surface area contributed by atoms with Crippen LogP contribution in [0.5, 0.6) is 0 Å². The van der Waals surface area contributed by atoms with Gasteiger partial charge in [-0.05, 0) is 5.56 Å². The second-order valence-corrected chi connectivity index (χ2v) is 5.75. The van der Waals surface area contributed by atoms with Crippen molar-refractivity contribution in [3.63, 3.8) is 0 Å². The minimum Gasteiger partial charge on any atom is -0.354 e. The second-order valence-electron chi connectivity index (χ2n) is 4.81. The molecule has 2 rings (SSSR count). The molecule has 0 saturated carbocycles. The van der Waals surface area contributed by atoms with E-state index in [0.29, 0.717) is 12.5 Å². The molecule has 1 heterocycles. The maximum Gasteiger partial charge on any atom is 0.204 e. The number of rotatable bonds is 7. The molecule has 0 fully saturated rings. The van der Waals surface area contributed by atoms with Crippen LogP contribution in [-0.2, 0) is 13.0 Å². The molecule has 0 unspecified atom stereocenters. The lowest BCUT2D eigenvalue weighted by Gasteiger charge is -2.07. The number of thiazole rings is 1. The van der Waals surface area contributed by atoms with E-state index in [-0.39, 0.29) is 0 Å². The van der Waals surface area contributed by atoms with E-state index in [1.54, 1.807) is 18.4 Å². The van der Waals surface area contributed by atoms with Gasteiger partial charge in [0.15, 0.2) is 6.19 Å². The van der Waals surface area contributed by atoms with Gasteiger partial charge in [-0.1, -0.05) is 30.3 Å². The zero-order valence-electron chi connectivity index (χ0n) is 13.0. The van der Waals surface area contributed by atoms with Crippen LogP contribution in [0.25, 0.3) is 0 Å². The summed E-state index contributed by atoms with van der Waals surface area (Å²) in [5, 5.41) is 20.6. The average molecular weight is 328 g/mol. The van der Waals surface area contributed by atoms with Crippen LogP contribution < -0.4 is 16.0 Å². The van der Waals surface area contributed by atoms with E-state index in [2.05, 4.69) is 43.4 Å². The minimum absolute atomic E-state index is 0.480. The SMILES string of the molecule is CN=C(NC#N)NCCNCc1csc(Cc2ccccc2)n1. The molecular weight excluding hydrogens is 308 g/mol. The quantitative estimate of drug-likeness (QED) is 0.236. The molecule has 1 aromatic carbocycles. The van der Waals surface area contributed by atoms with Gasteiger partial charge in [0.2, 0.25) is 5.96 Å². The van der Waals surface area contributed by atoms with Crippen LogP contribution in [0.15, 0.2) is 40.7 Å². The number of nitrogens with one attached hydrogen (secondary N) is 3. The first-order chi connectivity index (χ1) is 11.3. The molecule has 120 valence electrons. The summed E-state index contributed by atoms with van der Waals surface area (Å²) in [4.78, 5) is 8.55. The van der Waals surface area contributed by atoms with Gasteiger partial charge in [-0.25, -0.2) is 4.98 Å². The van der Waals surface area contributed by atoms with Crippen LogP contribution in [0.4, 0.5) is 0 Å². The predicted molar refractivity (Wildman–Crippen MR) is 93.2 cm³/mol. The minimum atomic E-state index is 0.480. The zero-order chi connectivity index (χ0) is 16.3. The monoisotopic (exact) mass is 328 g/mol. The molecule has 0 atom stereocenters. The summed E-state index contributed by atoms with van der Waals surface area (Å²) in [6.07, 6.45) is 2.71. The normalized spacial score (nSPS) is 11.0. The number of benzene rings is 1. The van der Waals surface area contributed by atoms with Gasteiger partial charge in [0.1, 0.15) is 0 Å². The van der Waals surface area contributed by atoms with Crippen molar-refractivity contribution in [2.75, 3.05) is 20.1 Å². The van der Waals surface area contributed by atoms with Gasteiger partial charge in [-0.3, -0.25) is 10.3 Å². The molecular formula is C16H20N6S. The van der Waals surface area contributed by atoms with Gasteiger partial charge >= 0.3 is 0 Å². The second kappa shape index (κ2) is 9.56. The van der Waals surface area contributed by atoms with Crippen molar-refractivity contribution in [3.05, 3.63) is 52.0 Å². The molecule has 0 saturated heterocycles. The van der Waals surface area contributed by atoms with Crippen molar-refractivity contribution in [2.24, 2.45) is 4.99 Å². The molecule has 2 aromatic rings. The lowest BCUT2D eigenvalue weighted by atomic mass is 10.2. The molecule has 0 aliphatic carbocycles. The number of guanidine groups is 1. The maximum atomic E-state index is 8.52. The highest BCUT2D eigenvalue weighted by Crippen LogP contribution is 2.14. The van der Waals surface area contributed by atoms with Gasteiger partial charge in [0, 0.05) is 38.5 Å². The smallest absolute Gasteiger partial charge is 0.204 e. The van der Waals surface area contributed by atoms with Crippen LogP contribution in [0.1, 0.15) is 16.3 Å². The van der Waals surface area contributed by atoms with Gasteiger partial charge in [0.25, 0.3) is 0 Å². The number of nitrogens with zero attached hydrogens (tertiary/aromatic N) is 3. The number of nitriles is 1. The van der Waals surface area contributed by atoms with E-state index in [0.717, 1.165) is 30.2 Å². The fourth-order valence-electron chi connectivity index (χ4n) is 2.00. The Morgan fingerprint density at radius 3 is 2.87 bits per heavy atom. The molecule has 0 aliphatic rings. The van der Waals surface area contributed by atoms with Crippen LogP contribution in [0, 0.1) is 11.5 Å². The topological polar surface area (TPSA) is 85.1 Å². The fourth-order valence-corrected chi connectivity index (χ4v) is 2.83. The summed E-state index contributed by atoms with van der Waals surface area (Å²) in [5.74, 6) is 0.480. The summed E-state index contributed by atoms with van der Waals surface area (Å²) in [6, 6.07) is 10.4. The molecule has 1 aromatic heterocycles. The first kappa shape index (κ1) is 16.9. The first-order valence-electron chi connectivity index (χ1n) is 7.35. The summed E-state index contributed by atoms with van der Waals surface area (Å²) in [5.41, 5.74) is 2.34. The largest absolute Gasteiger partial charge is 0.354 e. The highest BCUT2D eigenvalue weighted by atomic mass is 32.1. The molecule has 6 nitrogen and oxygen atoms in total. The van der Waals surface area contributed by atoms with Crippen molar-refractivity contribution in [1.82, 2.24) is 20.9 Å². The molecule has 0 aliphatic heterocycles.